The Morgan fingerprint density at radius 2 is 1.85 bits per heavy atom. The minimum absolute atomic E-state index is 0.273. The highest BCUT2D eigenvalue weighted by molar-refractivity contribution is 8.19. The summed E-state index contributed by atoms with van der Waals surface area (Å²) < 4.78 is 5.76. The molecular formula is C22H23NO3S. The molecule has 0 radical (unpaired) electrons. The Hall–Kier alpha value is -2.53. The molecule has 0 N–H and O–H groups in total. The van der Waals surface area contributed by atoms with Crippen molar-refractivity contribution in [1.29, 1.82) is 0 Å². The maximum atomic E-state index is 12.8. The Morgan fingerprint density at radius 3 is 2.48 bits per heavy atom. The zero-order valence-corrected chi connectivity index (χ0v) is 16.8. The minimum Gasteiger partial charge on any atom is -0.494 e. The Kier molecular flexibility index (Phi) is 5.71. The van der Waals surface area contributed by atoms with Crippen LogP contribution < -0.4 is 9.64 Å². The quantitative estimate of drug-likeness (QED) is 0.618. The van der Waals surface area contributed by atoms with Crippen LogP contribution in [-0.4, -0.2) is 17.8 Å². The first-order valence-corrected chi connectivity index (χ1v) is 9.84. The molecule has 1 fully saturated rings. The van der Waals surface area contributed by atoms with Crippen molar-refractivity contribution in [2.24, 2.45) is 0 Å². The summed E-state index contributed by atoms with van der Waals surface area (Å²) >= 11 is 0.976. The molecule has 5 heteroatoms. The fourth-order valence-electron chi connectivity index (χ4n) is 3.01. The molecule has 0 atom stereocenters. The molecule has 0 aromatic heterocycles. The van der Waals surface area contributed by atoms with E-state index >= 15 is 0 Å². The second kappa shape index (κ2) is 8.01. The van der Waals surface area contributed by atoms with Crippen molar-refractivity contribution in [3.05, 3.63) is 64.1 Å². The van der Waals surface area contributed by atoms with Crippen molar-refractivity contribution >= 4 is 34.7 Å². The number of anilines is 1. The van der Waals surface area contributed by atoms with E-state index < -0.39 is 0 Å². The summed E-state index contributed by atoms with van der Waals surface area (Å²) in [5, 5.41) is -0.273. The van der Waals surface area contributed by atoms with Crippen LogP contribution in [-0.2, 0) is 4.79 Å². The number of thioether (sulfide) groups is 1. The van der Waals surface area contributed by atoms with E-state index in [1.165, 1.54) is 4.90 Å². The van der Waals surface area contributed by atoms with Crippen LogP contribution in [0.2, 0.25) is 0 Å². The van der Waals surface area contributed by atoms with Crippen LogP contribution in [0.5, 0.6) is 5.75 Å². The molecule has 4 nitrogen and oxygen atoms in total. The van der Waals surface area contributed by atoms with Crippen LogP contribution in [0.25, 0.3) is 6.08 Å². The molecular weight excluding hydrogens is 358 g/mol. The van der Waals surface area contributed by atoms with Gasteiger partial charge in [-0.15, -0.1) is 0 Å². The lowest BCUT2D eigenvalue weighted by molar-refractivity contribution is -0.113. The van der Waals surface area contributed by atoms with E-state index in [-0.39, 0.29) is 11.1 Å². The molecule has 2 amide bonds. The smallest absolute Gasteiger partial charge is 0.298 e. The van der Waals surface area contributed by atoms with Crippen LogP contribution in [0.3, 0.4) is 0 Å². The molecule has 0 unspecified atom stereocenters. The average molecular weight is 381 g/mol. The lowest BCUT2D eigenvalue weighted by Crippen LogP contribution is -2.27. The number of rotatable bonds is 5. The maximum absolute atomic E-state index is 12.8. The van der Waals surface area contributed by atoms with Gasteiger partial charge in [0.05, 0.1) is 17.2 Å². The number of nitrogens with zero attached hydrogens (tertiary/aromatic N) is 1. The van der Waals surface area contributed by atoms with Crippen molar-refractivity contribution in [1.82, 2.24) is 0 Å². The monoisotopic (exact) mass is 381 g/mol. The number of carbonyl (C=O) groups excluding carboxylic acids is 2. The molecule has 0 saturated carbocycles. The highest BCUT2D eigenvalue weighted by Gasteiger charge is 2.36. The molecule has 140 valence electrons. The Labute approximate surface area is 164 Å². The fraction of sp³-hybridized carbons (Fsp3) is 0.273. The first kappa shape index (κ1) is 19.2. The number of aryl methyl sites for hydroxylation is 1. The van der Waals surface area contributed by atoms with E-state index in [0.717, 1.165) is 34.2 Å². The molecule has 2 aromatic carbocycles. The van der Waals surface area contributed by atoms with Gasteiger partial charge in [0.25, 0.3) is 11.1 Å². The zero-order chi connectivity index (χ0) is 19.6. The van der Waals surface area contributed by atoms with E-state index in [9.17, 15) is 9.59 Å². The predicted molar refractivity (Wildman–Crippen MR) is 111 cm³/mol. The second-order valence-corrected chi connectivity index (χ2v) is 7.68. The van der Waals surface area contributed by atoms with E-state index in [1.807, 2.05) is 44.2 Å². The van der Waals surface area contributed by atoms with Crippen LogP contribution in [0, 0.1) is 6.92 Å². The van der Waals surface area contributed by atoms with Gasteiger partial charge < -0.3 is 4.74 Å². The number of hydrogen-bond acceptors (Lipinski definition) is 4. The number of carbonyl (C=O) groups is 2. The summed E-state index contributed by atoms with van der Waals surface area (Å²) in [6.45, 7) is 8.78. The van der Waals surface area contributed by atoms with Crippen molar-refractivity contribution < 1.29 is 14.3 Å². The highest BCUT2D eigenvalue weighted by Crippen LogP contribution is 2.37. The number of benzene rings is 2. The molecule has 0 aliphatic carbocycles. The van der Waals surface area contributed by atoms with Crippen LogP contribution >= 0.6 is 11.8 Å². The third-order valence-electron chi connectivity index (χ3n) is 4.42. The number of ether oxygens (including phenoxy) is 1. The van der Waals surface area contributed by atoms with Crippen molar-refractivity contribution in [3.63, 3.8) is 0 Å². The van der Waals surface area contributed by atoms with Crippen molar-refractivity contribution in [3.8, 4) is 5.75 Å². The number of amides is 2. The minimum atomic E-state index is -0.282. The largest absolute Gasteiger partial charge is 0.494 e. The molecule has 1 aliphatic rings. The van der Waals surface area contributed by atoms with Gasteiger partial charge in [-0.2, -0.15) is 0 Å². The van der Waals surface area contributed by atoms with Crippen molar-refractivity contribution in [2.45, 2.75) is 33.6 Å². The third-order valence-corrected chi connectivity index (χ3v) is 5.28. The summed E-state index contributed by atoms with van der Waals surface area (Å²) in [5.41, 5.74) is 3.63. The molecule has 1 heterocycles. The van der Waals surface area contributed by atoms with Gasteiger partial charge in [0.2, 0.25) is 0 Å². The van der Waals surface area contributed by atoms with Gasteiger partial charge in [0.15, 0.2) is 0 Å². The summed E-state index contributed by atoms with van der Waals surface area (Å²) in [6, 6.07) is 13.1. The summed E-state index contributed by atoms with van der Waals surface area (Å²) in [6.07, 6.45) is 1.81. The highest BCUT2D eigenvalue weighted by atomic mass is 32.2. The first-order chi connectivity index (χ1) is 12.9. The van der Waals surface area contributed by atoms with E-state index in [1.54, 1.807) is 12.1 Å². The normalized spacial score (nSPS) is 15.9. The fourth-order valence-corrected chi connectivity index (χ4v) is 3.84. The molecule has 0 bridgehead atoms. The molecule has 1 aliphatic heterocycles. The molecule has 27 heavy (non-hydrogen) atoms. The first-order valence-electron chi connectivity index (χ1n) is 9.02. The van der Waals surface area contributed by atoms with Gasteiger partial charge in [-0.05, 0) is 78.6 Å². The maximum Gasteiger partial charge on any atom is 0.298 e. The third kappa shape index (κ3) is 3.93. The average Bonchev–Trinajstić information content (AvgIpc) is 2.91. The molecule has 0 spiro atoms. The second-order valence-electron chi connectivity index (χ2n) is 6.69. The Morgan fingerprint density at radius 1 is 1.15 bits per heavy atom. The number of imide groups is 1. The van der Waals surface area contributed by atoms with E-state index in [2.05, 4.69) is 19.9 Å². The lowest BCUT2D eigenvalue weighted by atomic mass is 9.96. The van der Waals surface area contributed by atoms with Crippen LogP contribution in [0.4, 0.5) is 10.5 Å². The summed E-state index contributed by atoms with van der Waals surface area (Å²) in [4.78, 5) is 26.9. The molecule has 1 saturated heterocycles. The number of hydrogen-bond donors (Lipinski definition) is 0. The molecule has 2 aromatic rings. The summed E-state index contributed by atoms with van der Waals surface area (Å²) in [5.74, 6) is 0.883. The van der Waals surface area contributed by atoms with Crippen LogP contribution in [0.15, 0.2) is 47.4 Å². The van der Waals surface area contributed by atoms with Gasteiger partial charge in [0.1, 0.15) is 5.75 Å². The topological polar surface area (TPSA) is 46.6 Å². The van der Waals surface area contributed by atoms with E-state index in [4.69, 9.17) is 4.74 Å². The Bertz CT molecular complexity index is 903. The van der Waals surface area contributed by atoms with Gasteiger partial charge in [-0.3, -0.25) is 9.59 Å². The number of para-hydroxylation sites is 1. The van der Waals surface area contributed by atoms with Crippen LogP contribution in [0.1, 0.15) is 43.4 Å². The zero-order valence-electron chi connectivity index (χ0n) is 16.0. The Balaban J connectivity index is 1.98. The van der Waals surface area contributed by atoms with Gasteiger partial charge in [-0.1, -0.05) is 32.0 Å². The standard InChI is InChI=1S/C22H23NO3S/c1-5-26-19-11-15(4)16(12-18(19)14(2)3)13-20-21(24)23(22(25)27-20)17-9-7-6-8-10-17/h6-14H,5H2,1-4H3/b20-13+. The van der Waals surface area contributed by atoms with Crippen molar-refractivity contribution in [2.75, 3.05) is 11.5 Å². The molecule has 3 rings (SSSR count). The SMILES string of the molecule is CCOc1cc(C)c(/C=C2/SC(=O)N(c3ccccc3)C2=O)cc1C(C)C. The van der Waals surface area contributed by atoms with Gasteiger partial charge in [0, 0.05) is 0 Å². The predicted octanol–water partition coefficient (Wildman–Crippen LogP) is 5.76. The van der Waals surface area contributed by atoms with Gasteiger partial charge in [-0.25, -0.2) is 4.90 Å². The van der Waals surface area contributed by atoms with E-state index in [0.29, 0.717) is 23.1 Å². The lowest BCUT2D eigenvalue weighted by Gasteiger charge is -2.16. The summed E-state index contributed by atoms with van der Waals surface area (Å²) in [7, 11) is 0. The van der Waals surface area contributed by atoms with Gasteiger partial charge >= 0.3 is 0 Å².